The maximum Gasteiger partial charge on any atom is 0.131 e. The first-order valence-corrected chi connectivity index (χ1v) is 8.17. The highest BCUT2D eigenvalue weighted by Gasteiger charge is 2.42. The molecule has 1 aliphatic heterocycles. The van der Waals surface area contributed by atoms with E-state index in [2.05, 4.69) is 38.7 Å². The summed E-state index contributed by atoms with van der Waals surface area (Å²) in [4.78, 5) is 4.65. The highest BCUT2D eigenvalue weighted by molar-refractivity contribution is 6.35. The zero-order valence-corrected chi connectivity index (χ0v) is 13.2. The van der Waals surface area contributed by atoms with Crippen LogP contribution >= 0.6 is 11.6 Å². The van der Waals surface area contributed by atoms with Crippen LogP contribution in [0.5, 0.6) is 0 Å². The van der Waals surface area contributed by atoms with Crippen LogP contribution in [-0.4, -0.2) is 21.7 Å². The molecule has 4 nitrogen and oxygen atoms in total. The predicted molar refractivity (Wildman–Crippen MR) is 92.9 cm³/mol. The molecule has 3 aromatic rings. The Morgan fingerprint density at radius 2 is 1.96 bits per heavy atom. The van der Waals surface area contributed by atoms with E-state index in [0.717, 1.165) is 52.3 Å². The number of aromatic amines is 1. The van der Waals surface area contributed by atoms with Gasteiger partial charge in [-0.25, -0.2) is 4.98 Å². The summed E-state index contributed by atoms with van der Waals surface area (Å²) in [6.07, 6.45) is 10.3. The molecule has 0 saturated heterocycles. The van der Waals surface area contributed by atoms with E-state index in [1.54, 1.807) is 0 Å². The number of nitrogens with one attached hydrogen (secondary N) is 2. The molecule has 2 N–H and O–H groups in total. The van der Waals surface area contributed by atoms with Crippen molar-refractivity contribution in [3.63, 3.8) is 0 Å². The van der Waals surface area contributed by atoms with Gasteiger partial charge in [0.2, 0.25) is 0 Å². The van der Waals surface area contributed by atoms with Gasteiger partial charge >= 0.3 is 0 Å². The number of H-pyrrole nitrogens is 1. The Morgan fingerprint density at radius 1 is 1.09 bits per heavy atom. The third kappa shape index (κ3) is 1.72. The molecule has 0 atom stereocenters. The number of anilines is 1. The molecule has 114 valence electrons. The molecule has 2 aliphatic rings. The van der Waals surface area contributed by atoms with E-state index in [9.17, 15) is 0 Å². The van der Waals surface area contributed by atoms with Crippen molar-refractivity contribution in [2.24, 2.45) is 0 Å². The summed E-state index contributed by atoms with van der Waals surface area (Å²) in [6.45, 7) is 0.904. The lowest BCUT2D eigenvalue weighted by Gasteiger charge is -2.24. The molecule has 5 rings (SSSR count). The second-order valence-electron chi connectivity index (χ2n) is 6.36. The quantitative estimate of drug-likeness (QED) is 0.657. The fourth-order valence-electron chi connectivity index (χ4n) is 3.89. The molecule has 0 unspecified atom stereocenters. The maximum absolute atomic E-state index is 6.89. The van der Waals surface area contributed by atoms with E-state index in [-0.39, 0.29) is 5.41 Å². The number of nitrogens with zero attached hydrogens (tertiary/aromatic N) is 2. The minimum atomic E-state index is 0.0692. The Morgan fingerprint density at radius 3 is 2.83 bits per heavy atom. The summed E-state index contributed by atoms with van der Waals surface area (Å²) in [5.41, 5.74) is 4.30. The van der Waals surface area contributed by atoms with Gasteiger partial charge in [0.25, 0.3) is 0 Å². The van der Waals surface area contributed by atoms with Crippen molar-refractivity contribution in [2.75, 3.05) is 11.9 Å². The van der Waals surface area contributed by atoms with Crippen molar-refractivity contribution < 1.29 is 0 Å². The summed E-state index contributed by atoms with van der Waals surface area (Å²) in [7, 11) is 0. The van der Waals surface area contributed by atoms with Crippen LogP contribution in [0.25, 0.3) is 22.0 Å². The molecule has 3 heterocycles. The average molecular weight is 323 g/mol. The summed E-state index contributed by atoms with van der Waals surface area (Å²) < 4.78 is 0. The minimum absolute atomic E-state index is 0.0692. The van der Waals surface area contributed by atoms with Crippen molar-refractivity contribution in [1.82, 2.24) is 15.2 Å². The molecule has 0 fully saturated rings. The fourth-order valence-corrected chi connectivity index (χ4v) is 4.33. The Labute approximate surface area is 138 Å². The molecule has 1 aromatic carbocycles. The molecule has 23 heavy (non-hydrogen) atoms. The molecule has 0 amide bonds. The molecular weight excluding hydrogens is 308 g/mol. The highest BCUT2D eigenvalue weighted by Crippen LogP contribution is 2.50. The number of halogens is 1. The van der Waals surface area contributed by atoms with Crippen molar-refractivity contribution in [2.45, 2.75) is 18.3 Å². The second-order valence-corrected chi connectivity index (χ2v) is 6.74. The smallest absolute Gasteiger partial charge is 0.131 e. The first-order valence-electron chi connectivity index (χ1n) is 7.79. The number of allylic oxidation sites excluding steroid dienone is 2. The number of rotatable bonds is 1. The zero-order valence-electron chi connectivity index (χ0n) is 12.4. The van der Waals surface area contributed by atoms with Crippen LogP contribution in [0.2, 0.25) is 5.02 Å². The monoisotopic (exact) mass is 322 g/mol. The van der Waals surface area contributed by atoms with Crippen molar-refractivity contribution in [3.05, 3.63) is 53.3 Å². The summed E-state index contributed by atoms with van der Waals surface area (Å²) >= 11 is 6.89. The fraction of sp³-hybridized carbons (Fsp3) is 0.222. The maximum atomic E-state index is 6.89. The molecular formula is C18H15ClN4. The van der Waals surface area contributed by atoms with E-state index in [0.29, 0.717) is 0 Å². The number of pyridine rings is 1. The van der Waals surface area contributed by atoms with Gasteiger partial charge in [0, 0.05) is 34.7 Å². The first-order chi connectivity index (χ1) is 11.3. The molecule has 0 radical (unpaired) electrons. The van der Waals surface area contributed by atoms with Crippen LogP contribution in [0.15, 0.2) is 42.7 Å². The number of benzene rings is 1. The van der Waals surface area contributed by atoms with Crippen molar-refractivity contribution >= 4 is 28.3 Å². The Bertz CT molecular complexity index is 949. The second kappa shape index (κ2) is 4.59. The van der Waals surface area contributed by atoms with Crippen molar-refractivity contribution in [3.8, 4) is 11.1 Å². The van der Waals surface area contributed by atoms with Gasteiger partial charge in [-0.15, -0.1) is 0 Å². The van der Waals surface area contributed by atoms with Crippen molar-refractivity contribution in [1.29, 1.82) is 0 Å². The van der Waals surface area contributed by atoms with Crippen LogP contribution in [0.4, 0.5) is 5.82 Å². The Kier molecular flexibility index (Phi) is 2.62. The van der Waals surface area contributed by atoms with E-state index in [1.807, 2.05) is 24.5 Å². The Hall–Kier alpha value is -2.33. The lowest BCUT2D eigenvalue weighted by molar-refractivity contribution is 0.509. The average Bonchev–Trinajstić information content (AvgIpc) is 3.29. The SMILES string of the molecule is Clc1c(-c2cccc3[nH]ncc23)cnc2c1C1(CC=CC1)CN2. The largest absolute Gasteiger partial charge is 0.369 e. The van der Waals surface area contributed by atoms with E-state index in [1.165, 1.54) is 5.56 Å². The number of hydrogen-bond acceptors (Lipinski definition) is 3. The third-order valence-corrected chi connectivity index (χ3v) is 5.49. The normalized spacial score (nSPS) is 17.8. The summed E-state index contributed by atoms with van der Waals surface area (Å²) in [5, 5.41) is 12.5. The van der Waals surface area contributed by atoms with Gasteiger partial charge in [-0.05, 0) is 24.5 Å². The topological polar surface area (TPSA) is 53.6 Å². The van der Waals surface area contributed by atoms with Crippen LogP contribution in [0.1, 0.15) is 18.4 Å². The van der Waals surface area contributed by atoms with Gasteiger partial charge in [-0.3, -0.25) is 5.10 Å². The van der Waals surface area contributed by atoms with Crippen LogP contribution in [0, 0.1) is 0 Å². The summed E-state index contributed by atoms with van der Waals surface area (Å²) in [6, 6.07) is 6.12. The predicted octanol–water partition coefficient (Wildman–Crippen LogP) is 4.29. The van der Waals surface area contributed by atoms with Crippen LogP contribution in [-0.2, 0) is 5.41 Å². The molecule has 1 aliphatic carbocycles. The standard InChI is InChI=1S/C18H15ClN4/c19-16-13(11-4-3-5-14-12(11)9-22-23-14)8-20-17-15(16)18(10-21-17)6-1-2-7-18/h1-5,8-9H,6-7,10H2,(H,20,21)(H,22,23). The highest BCUT2D eigenvalue weighted by atomic mass is 35.5. The number of fused-ring (bicyclic) bond motifs is 3. The van der Waals surface area contributed by atoms with Gasteiger partial charge in [0.1, 0.15) is 5.82 Å². The molecule has 0 saturated carbocycles. The van der Waals surface area contributed by atoms with Gasteiger partial charge in [0.15, 0.2) is 0 Å². The molecule has 5 heteroatoms. The Balaban J connectivity index is 1.76. The zero-order chi connectivity index (χ0) is 15.4. The van der Waals surface area contributed by atoms with Gasteiger partial charge in [0.05, 0.1) is 16.7 Å². The third-order valence-electron chi connectivity index (χ3n) is 5.10. The van der Waals surface area contributed by atoms with Gasteiger partial charge < -0.3 is 5.32 Å². The lowest BCUT2D eigenvalue weighted by Crippen LogP contribution is -2.25. The van der Waals surface area contributed by atoms with Crippen LogP contribution < -0.4 is 5.32 Å². The molecule has 0 bridgehead atoms. The number of hydrogen-bond donors (Lipinski definition) is 2. The van der Waals surface area contributed by atoms with Gasteiger partial charge in [-0.2, -0.15) is 5.10 Å². The van der Waals surface area contributed by atoms with E-state index in [4.69, 9.17) is 11.6 Å². The van der Waals surface area contributed by atoms with Crippen LogP contribution in [0.3, 0.4) is 0 Å². The first kappa shape index (κ1) is 13.1. The lowest BCUT2D eigenvalue weighted by atomic mass is 9.80. The molecule has 1 spiro atoms. The molecule has 2 aromatic heterocycles. The van der Waals surface area contributed by atoms with E-state index < -0.39 is 0 Å². The summed E-state index contributed by atoms with van der Waals surface area (Å²) in [5.74, 6) is 0.932. The number of aromatic nitrogens is 3. The van der Waals surface area contributed by atoms with E-state index >= 15 is 0 Å². The van der Waals surface area contributed by atoms with Gasteiger partial charge in [-0.1, -0.05) is 35.9 Å². The minimum Gasteiger partial charge on any atom is -0.369 e.